The fraction of sp³-hybridized carbons (Fsp3) is 0.550. The highest BCUT2D eigenvalue weighted by molar-refractivity contribution is 7.99. The van der Waals surface area contributed by atoms with Gasteiger partial charge in [0.1, 0.15) is 5.76 Å². The number of carbonyl (C=O) groups excluding carboxylic acids is 2. The Morgan fingerprint density at radius 2 is 1.97 bits per heavy atom. The number of aromatic nitrogens is 2. The molecule has 3 N–H and O–H groups in total. The molecule has 0 spiro atoms. The van der Waals surface area contributed by atoms with Crippen molar-refractivity contribution in [3.8, 4) is 5.75 Å². The van der Waals surface area contributed by atoms with Crippen molar-refractivity contribution < 1.29 is 23.6 Å². The number of rotatable bonds is 8. The van der Waals surface area contributed by atoms with Crippen molar-refractivity contribution in [2.24, 2.45) is 0 Å². The Morgan fingerprint density at radius 1 is 1.23 bits per heavy atom. The third kappa shape index (κ3) is 5.87. The van der Waals surface area contributed by atoms with Gasteiger partial charge >= 0.3 is 0 Å². The SMILES string of the molecule is Cc1noc(CCNC(=O)CNC(=O)CC2(c3oc(C)cc(=O)c3O)CCSCC2)n1. The number of thioether (sulfide) groups is 1. The molecule has 0 aliphatic carbocycles. The molecule has 10 nitrogen and oxygen atoms in total. The third-order valence-electron chi connectivity index (χ3n) is 5.15. The van der Waals surface area contributed by atoms with Crippen LogP contribution in [0.15, 0.2) is 19.8 Å². The van der Waals surface area contributed by atoms with Gasteiger partial charge in [-0.2, -0.15) is 16.7 Å². The lowest BCUT2D eigenvalue weighted by Crippen LogP contribution is -2.42. The first kappa shape index (κ1) is 22.9. The largest absolute Gasteiger partial charge is 0.502 e. The molecule has 0 radical (unpaired) electrons. The number of carbonyl (C=O) groups is 2. The Bertz CT molecular complexity index is 996. The lowest BCUT2D eigenvalue weighted by atomic mass is 9.75. The van der Waals surface area contributed by atoms with Crippen molar-refractivity contribution >= 4 is 23.6 Å². The van der Waals surface area contributed by atoms with Gasteiger partial charge in [0.2, 0.25) is 28.9 Å². The molecule has 168 valence electrons. The summed E-state index contributed by atoms with van der Waals surface area (Å²) in [7, 11) is 0. The van der Waals surface area contributed by atoms with Gasteiger partial charge in [-0.3, -0.25) is 14.4 Å². The Hall–Kier alpha value is -2.82. The summed E-state index contributed by atoms with van der Waals surface area (Å²) < 4.78 is 10.7. The van der Waals surface area contributed by atoms with E-state index >= 15 is 0 Å². The summed E-state index contributed by atoms with van der Waals surface area (Å²) in [6.45, 7) is 3.46. The zero-order valence-corrected chi connectivity index (χ0v) is 18.3. The maximum Gasteiger partial charge on any atom is 0.239 e. The maximum absolute atomic E-state index is 12.6. The third-order valence-corrected chi connectivity index (χ3v) is 6.14. The lowest BCUT2D eigenvalue weighted by molar-refractivity contribution is -0.127. The molecule has 0 aromatic carbocycles. The van der Waals surface area contributed by atoms with Crippen LogP contribution in [0.1, 0.15) is 42.5 Å². The predicted octanol–water partition coefficient (Wildman–Crippen LogP) is 0.975. The minimum absolute atomic E-state index is 0.0159. The quantitative estimate of drug-likeness (QED) is 0.535. The average Bonchev–Trinajstić information content (AvgIpc) is 3.15. The normalized spacial score (nSPS) is 15.4. The standard InChI is InChI=1S/C20H26N4O6S/c1-12-9-14(25)18(28)19(29-12)20(4-7-31-8-5-20)10-15(26)22-11-16(27)21-6-3-17-23-13(2)24-30-17/h9,28H,3-8,10-11H2,1-2H3,(H,21,27)(H,22,26). The van der Waals surface area contributed by atoms with Gasteiger partial charge in [0.05, 0.1) is 6.54 Å². The van der Waals surface area contributed by atoms with Gasteiger partial charge < -0.3 is 24.7 Å². The number of nitrogens with one attached hydrogen (secondary N) is 2. The van der Waals surface area contributed by atoms with Crippen LogP contribution in [0.2, 0.25) is 0 Å². The molecule has 0 saturated carbocycles. The molecule has 3 heterocycles. The van der Waals surface area contributed by atoms with Crippen molar-refractivity contribution in [1.29, 1.82) is 0 Å². The fourth-order valence-corrected chi connectivity index (χ4v) is 4.85. The molecule has 2 aromatic rings. The van der Waals surface area contributed by atoms with Gasteiger partial charge in [-0.05, 0) is 38.2 Å². The molecular formula is C20H26N4O6S. The molecule has 0 atom stereocenters. The first-order valence-corrected chi connectivity index (χ1v) is 11.2. The number of hydrogen-bond donors (Lipinski definition) is 3. The number of hydrogen-bond acceptors (Lipinski definition) is 9. The summed E-state index contributed by atoms with van der Waals surface area (Å²) in [6.07, 6.45) is 1.58. The van der Waals surface area contributed by atoms with E-state index in [0.29, 0.717) is 43.3 Å². The second-order valence-electron chi connectivity index (χ2n) is 7.58. The zero-order valence-electron chi connectivity index (χ0n) is 17.5. The molecule has 1 aliphatic heterocycles. The molecule has 2 aromatic heterocycles. The van der Waals surface area contributed by atoms with Gasteiger partial charge in [0.15, 0.2) is 11.6 Å². The van der Waals surface area contributed by atoms with E-state index in [1.165, 1.54) is 6.07 Å². The van der Waals surface area contributed by atoms with Crippen LogP contribution in [0.5, 0.6) is 5.75 Å². The topological polar surface area (TPSA) is 148 Å². The predicted molar refractivity (Wildman–Crippen MR) is 113 cm³/mol. The van der Waals surface area contributed by atoms with E-state index in [2.05, 4.69) is 20.8 Å². The average molecular weight is 451 g/mol. The van der Waals surface area contributed by atoms with E-state index in [1.54, 1.807) is 25.6 Å². The highest BCUT2D eigenvalue weighted by atomic mass is 32.2. The van der Waals surface area contributed by atoms with Gasteiger partial charge in [-0.25, -0.2) is 0 Å². The molecule has 11 heteroatoms. The van der Waals surface area contributed by atoms with Crippen LogP contribution in [-0.2, 0) is 21.4 Å². The van der Waals surface area contributed by atoms with Gasteiger partial charge in [0, 0.05) is 30.9 Å². The Morgan fingerprint density at radius 3 is 2.65 bits per heavy atom. The van der Waals surface area contributed by atoms with E-state index in [9.17, 15) is 19.5 Å². The second-order valence-corrected chi connectivity index (χ2v) is 8.81. The molecule has 1 saturated heterocycles. The summed E-state index contributed by atoms with van der Waals surface area (Å²) >= 11 is 1.75. The van der Waals surface area contributed by atoms with Gasteiger partial charge in [-0.1, -0.05) is 5.16 Å². The Balaban J connectivity index is 1.57. The van der Waals surface area contributed by atoms with Crippen LogP contribution >= 0.6 is 11.8 Å². The molecule has 0 bridgehead atoms. The van der Waals surface area contributed by atoms with E-state index in [4.69, 9.17) is 8.94 Å². The number of aryl methyl sites for hydroxylation is 2. The van der Waals surface area contributed by atoms with Crippen molar-refractivity contribution in [2.45, 2.75) is 44.9 Å². The van der Waals surface area contributed by atoms with Crippen LogP contribution < -0.4 is 16.1 Å². The Kier molecular flexibility index (Phi) is 7.37. The van der Waals surface area contributed by atoms with E-state index in [0.717, 1.165) is 11.5 Å². The van der Waals surface area contributed by atoms with Crippen LogP contribution in [-0.4, -0.2) is 51.7 Å². The zero-order chi connectivity index (χ0) is 22.4. The summed E-state index contributed by atoms with van der Waals surface area (Å²) in [6, 6.07) is 1.23. The minimum Gasteiger partial charge on any atom is -0.502 e. The first-order chi connectivity index (χ1) is 14.8. The van der Waals surface area contributed by atoms with Crippen LogP contribution in [0.25, 0.3) is 0 Å². The molecule has 31 heavy (non-hydrogen) atoms. The van der Waals surface area contributed by atoms with Crippen molar-refractivity contribution in [3.05, 3.63) is 39.5 Å². The summed E-state index contributed by atoms with van der Waals surface area (Å²) in [5.74, 6) is 1.91. The molecule has 3 rings (SSSR count). The monoisotopic (exact) mass is 450 g/mol. The van der Waals surface area contributed by atoms with Crippen molar-refractivity contribution in [2.75, 3.05) is 24.6 Å². The molecular weight excluding hydrogens is 424 g/mol. The molecule has 0 unspecified atom stereocenters. The van der Waals surface area contributed by atoms with Crippen LogP contribution in [0, 0.1) is 13.8 Å². The van der Waals surface area contributed by atoms with Crippen LogP contribution in [0.4, 0.5) is 0 Å². The Labute approximate surface area is 183 Å². The lowest BCUT2D eigenvalue weighted by Gasteiger charge is -2.35. The van der Waals surface area contributed by atoms with Crippen LogP contribution in [0.3, 0.4) is 0 Å². The molecule has 1 fully saturated rings. The van der Waals surface area contributed by atoms with E-state index in [1.807, 2.05) is 0 Å². The highest BCUT2D eigenvalue weighted by Crippen LogP contribution is 2.43. The number of aromatic hydroxyl groups is 1. The van der Waals surface area contributed by atoms with Crippen molar-refractivity contribution in [1.82, 2.24) is 20.8 Å². The summed E-state index contributed by atoms with van der Waals surface area (Å²) in [5, 5.41) is 19.3. The second kappa shape index (κ2) is 9.99. The fourth-order valence-electron chi connectivity index (χ4n) is 3.57. The summed E-state index contributed by atoms with van der Waals surface area (Å²) in [4.78, 5) is 40.8. The van der Waals surface area contributed by atoms with E-state index < -0.39 is 16.6 Å². The maximum atomic E-state index is 12.6. The minimum atomic E-state index is -0.781. The highest BCUT2D eigenvalue weighted by Gasteiger charge is 2.41. The summed E-state index contributed by atoms with van der Waals surface area (Å²) in [5.41, 5.74) is -1.30. The number of amides is 2. The van der Waals surface area contributed by atoms with Gasteiger partial charge in [0.25, 0.3) is 0 Å². The first-order valence-electron chi connectivity index (χ1n) is 10.0. The molecule has 1 aliphatic rings. The smallest absolute Gasteiger partial charge is 0.239 e. The number of nitrogens with zero attached hydrogens (tertiary/aromatic N) is 2. The molecule has 2 amide bonds. The van der Waals surface area contributed by atoms with Crippen molar-refractivity contribution in [3.63, 3.8) is 0 Å². The van der Waals surface area contributed by atoms with Gasteiger partial charge in [-0.15, -0.1) is 0 Å². The van der Waals surface area contributed by atoms with E-state index in [-0.39, 0.29) is 30.5 Å².